The molecule has 0 aromatic carbocycles. The molecule has 0 rings (SSSR count). The van der Waals surface area contributed by atoms with Gasteiger partial charge in [-0.05, 0) is 24.1 Å². The maximum Gasteiger partial charge on any atom is 0.332 e. The first kappa shape index (κ1) is 20.5. The molecule has 0 aliphatic carbocycles. The maximum atomic E-state index is 5.91. The molecule has 21 heavy (non-hydrogen) atoms. The van der Waals surface area contributed by atoms with E-state index >= 15 is 0 Å². The van der Waals surface area contributed by atoms with Crippen molar-refractivity contribution >= 4 is 6.92 Å². The molecule has 122 valence electrons. The van der Waals surface area contributed by atoms with Crippen molar-refractivity contribution < 1.29 is 4.65 Å². The zero-order chi connectivity index (χ0) is 16.3. The van der Waals surface area contributed by atoms with Gasteiger partial charge < -0.3 is 4.65 Å². The fourth-order valence-electron chi connectivity index (χ4n) is 2.45. The van der Waals surface area contributed by atoms with Crippen LogP contribution in [0.4, 0.5) is 0 Å². The van der Waals surface area contributed by atoms with Crippen molar-refractivity contribution in [2.24, 2.45) is 5.92 Å². The SMILES string of the molecule is CCCC/C=C/C(=C/CCCC)B(OC)C(C)(C)C(C)C. The molecule has 0 amide bonds. The summed E-state index contributed by atoms with van der Waals surface area (Å²) in [7, 11) is 1.85. The van der Waals surface area contributed by atoms with Crippen LogP contribution in [-0.2, 0) is 4.65 Å². The molecule has 0 aliphatic heterocycles. The molecule has 0 bridgehead atoms. The Balaban J connectivity index is 5.13. The molecule has 2 heteroatoms. The standard InChI is InChI=1S/C19H37BO/c1-8-10-12-14-16-18(15-13-11-9-2)20(21-7)19(5,6)17(3)4/h14-17H,8-13H2,1-7H3/b16-14+,18-15-. The number of hydrogen-bond acceptors (Lipinski definition) is 1. The van der Waals surface area contributed by atoms with Crippen LogP contribution in [0.15, 0.2) is 23.7 Å². The Morgan fingerprint density at radius 3 is 2.14 bits per heavy atom. The largest absolute Gasteiger partial charge is 0.433 e. The topological polar surface area (TPSA) is 9.23 Å². The van der Waals surface area contributed by atoms with E-state index in [9.17, 15) is 0 Å². The van der Waals surface area contributed by atoms with Gasteiger partial charge in [-0.25, -0.2) is 0 Å². The van der Waals surface area contributed by atoms with Crippen LogP contribution in [0, 0.1) is 5.92 Å². The van der Waals surface area contributed by atoms with E-state index < -0.39 is 0 Å². The second-order valence-electron chi connectivity index (χ2n) is 6.98. The maximum absolute atomic E-state index is 5.91. The minimum absolute atomic E-state index is 0.141. The van der Waals surface area contributed by atoms with E-state index in [1.807, 2.05) is 7.11 Å². The first-order valence-electron chi connectivity index (χ1n) is 8.81. The third-order valence-electron chi connectivity index (χ3n) is 4.67. The zero-order valence-corrected chi connectivity index (χ0v) is 15.5. The Morgan fingerprint density at radius 2 is 1.67 bits per heavy atom. The molecule has 0 atom stereocenters. The third kappa shape index (κ3) is 7.36. The Bertz CT molecular complexity index is 316. The zero-order valence-electron chi connectivity index (χ0n) is 15.5. The van der Waals surface area contributed by atoms with E-state index in [0.717, 1.165) is 6.42 Å². The van der Waals surface area contributed by atoms with E-state index in [1.165, 1.54) is 37.6 Å². The molecule has 0 fully saturated rings. The molecular weight excluding hydrogens is 255 g/mol. The van der Waals surface area contributed by atoms with Gasteiger partial charge in [-0.2, -0.15) is 0 Å². The van der Waals surface area contributed by atoms with Gasteiger partial charge in [-0.15, -0.1) is 0 Å². The van der Waals surface area contributed by atoms with Crippen LogP contribution >= 0.6 is 0 Å². The van der Waals surface area contributed by atoms with E-state index in [0.29, 0.717) is 5.92 Å². The van der Waals surface area contributed by atoms with Crippen LogP contribution in [-0.4, -0.2) is 14.0 Å². The van der Waals surface area contributed by atoms with Crippen LogP contribution in [0.2, 0.25) is 5.31 Å². The lowest BCUT2D eigenvalue weighted by atomic mass is 9.39. The van der Waals surface area contributed by atoms with Crippen molar-refractivity contribution in [2.75, 3.05) is 7.11 Å². The van der Waals surface area contributed by atoms with E-state index in [4.69, 9.17) is 4.65 Å². The highest BCUT2D eigenvalue weighted by Gasteiger charge is 2.38. The first-order valence-corrected chi connectivity index (χ1v) is 8.81. The van der Waals surface area contributed by atoms with Crippen LogP contribution in [0.1, 0.15) is 80.1 Å². The van der Waals surface area contributed by atoms with Crippen LogP contribution in [0.5, 0.6) is 0 Å². The lowest BCUT2D eigenvalue weighted by molar-refractivity contribution is 0.354. The van der Waals surface area contributed by atoms with E-state index in [1.54, 1.807) is 0 Å². The van der Waals surface area contributed by atoms with Gasteiger partial charge in [-0.3, -0.25) is 0 Å². The second-order valence-corrected chi connectivity index (χ2v) is 6.98. The quantitative estimate of drug-likeness (QED) is 0.241. The molecule has 0 aromatic heterocycles. The van der Waals surface area contributed by atoms with Crippen LogP contribution in [0.3, 0.4) is 0 Å². The molecule has 0 aliphatic rings. The van der Waals surface area contributed by atoms with Gasteiger partial charge in [0, 0.05) is 7.11 Å². The summed E-state index contributed by atoms with van der Waals surface area (Å²) in [5.74, 6) is 0.584. The number of unbranched alkanes of at least 4 members (excludes halogenated alkanes) is 4. The number of hydrogen-bond donors (Lipinski definition) is 0. The highest BCUT2D eigenvalue weighted by atomic mass is 16.4. The lowest BCUT2D eigenvalue weighted by Gasteiger charge is -2.35. The van der Waals surface area contributed by atoms with Crippen molar-refractivity contribution in [3.63, 3.8) is 0 Å². The summed E-state index contributed by atoms with van der Waals surface area (Å²) < 4.78 is 5.91. The van der Waals surface area contributed by atoms with E-state index in [-0.39, 0.29) is 12.2 Å². The van der Waals surface area contributed by atoms with Crippen molar-refractivity contribution in [3.8, 4) is 0 Å². The average Bonchev–Trinajstić information content (AvgIpc) is 2.43. The summed E-state index contributed by atoms with van der Waals surface area (Å²) in [6.45, 7) is 13.9. The molecule has 0 unspecified atom stereocenters. The highest BCUT2D eigenvalue weighted by molar-refractivity contribution is 6.64. The van der Waals surface area contributed by atoms with Gasteiger partial charge in [-0.1, -0.05) is 90.9 Å². The first-order chi connectivity index (χ1) is 9.91. The average molecular weight is 292 g/mol. The fraction of sp³-hybridized carbons (Fsp3) is 0.789. The highest BCUT2D eigenvalue weighted by Crippen LogP contribution is 2.40. The van der Waals surface area contributed by atoms with Gasteiger partial charge in [0.2, 0.25) is 0 Å². The Morgan fingerprint density at radius 1 is 1.10 bits per heavy atom. The number of allylic oxidation sites excluding steroid dienone is 4. The Kier molecular flexibility index (Phi) is 10.9. The Labute approximate surface area is 134 Å². The molecule has 0 saturated carbocycles. The molecule has 0 saturated heterocycles. The number of rotatable bonds is 11. The third-order valence-corrected chi connectivity index (χ3v) is 4.67. The van der Waals surface area contributed by atoms with Gasteiger partial charge in [0.1, 0.15) is 0 Å². The minimum Gasteiger partial charge on any atom is -0.433 e. The molecule has 0 spiro atoms. The van der Waals surface area contributed by atoms with Gasteiger partial charge >= 0.3 is 6.92 Å². The monoisotopic (exact) mass is 292 g/mol. The van der Waals surface area contributed by atoms with Crippen molar-refractivity contribution in [3.05, 3.63) is 23.7 Å². The summed E-state index contributed by atoms with van der Waals surface area (Å²) in [5.41, 5.74) is 1.36. The normalized spacial score (nSPS) is 13.4. The van der Waals surface area contributed by atoms with Crippen LogP contribution in [0.25, 0.3) is 0 Å². The molecule has 0 N–H and O–H groups in total. The molecule has 1 nitrogen and oxygen atoms in total. The summed E-state index contributed by atoms with van der Waals surface area (Å²) in [4.78, 5) is 0. The minimum atomic E-state index is 0.141. The van der Waals surface area contributed by atoms with Gasteiger partial charge in [0.15, 0.2) is 0 Å². The van der Waals surface area contributed by atoms with Crippen LogP contribution < -0.4 is 0 Å². The fourth-order valence-corrected chi connectivity index (χ4v) is 2.45. The summed E-state index contributed by atoms with van der Waals surface area (Å²) >= 11 is 0. The molecular formula is C19H37BO. The smallest absolute Gasteiger partial charge is 0.332 e. The van der Waals surface area contributed by atoms with Gasteiger partial charge in [0.05, 0.1) is 0 Å². The predicted molar refractivity (Wildman–Crippen MR) is 97.9 cm³/mol. The van der Waals surface area contributed by atoms with E-state index in [2.05, 4.69) is 59.8 Å². The molecule has 0 heterocycles. The molecule has 0 radical (unpaired) electrons. The van der Waals surface area contributed by atoms with Crippen molar-refractivity contribution in [1.29, 1.82) is 0 Å². The second kappa shape index (κ2) is 11.1. The lowest BCUT2D eigenvalue weighted by Crippen LogP contribution is -2.36. The summed E-state index contributed by atoms with van der Waals surface area (Å²) in [6, 6.07) is 0. The van der Waals surface area contributed by atoms with Crippen molar-refractivity contribution in [2.45, 2.75) is 85.4 Å². The molecule has 0 aromatic rings. The van der Waals surface area contributed by atoms with Gasteiger partial charge in [0.25, 0.3) is 0 Å². The Hall–Kier alpha value is -0.495. The predicted octanol–water partition coefficient (Wildman–Crippen LogP) is 6.46. The summed E-state index contributed by atoms with van der Waals surface area (Å²) in [6.07, 6.45) is 14.4. The summed E-state index contributed by atoms with van der Waals surface area (Å²) in [5, 5.41) is 0.141. The van der Waals surface area contributed by atoms with Crippen molar-refractivity contribution in [1.82, 2.24) is 0 Å².